The van der Waals surface area contributed by atoms with Crippen LogP contribution in [-0.2, 0) is 16.1 Å². The maximum absolute atomic E-state index is 11.5. The quantitative estimate of drug-likeness (QED) is 0.780. The van der Waals surface area contributed by atoms with Crippen molar-refractivity contribution in [2.24, 2.45) is 0 Å². The van der Waals surface area contributed by atoms with Crippen molar-refractivity contribution in [2.75, 3.05) is 5.75 Å². The van der Waals surface area contributed by atoms with E-state index in [1.165, 1.54) is 11.8 Å². The van der Waals surface area contributed by atoms with Gasteiger partial charge in [0.25, 0.3) is 0 Å². The number of carboxylic acid groups (broad SMARTS) is 1. The molecule has 0 aliphatic heterocycles. The van der Waals surface area contributed by atoms with Crippen molar-refractivity contribution in [2.45, 2.75) is 19.5 Å². The third-order valence-corrected chi connectivity index (χ3v) is 2.78. The Hall–Kier alpha value is -1.49. The minimum Gasteiger partial charge on any atom is -0.480 e. The van der Waals surface area contributed by atoms with Gasteiger partial charge in [0.15, 0.2) is 0 Å². The molecule has 0 saturated heterocycles. The number of carboxylic acids is 1. The van der Waals surface area contributed by atoms with Crippen molar-refractivity contribution in [3.63, 3.8) is 0 Å². The molecule has 5 heteroatoms. The molecule has 1 amide bonds. The fourth-order valence-electron chi connectivity index (χ4n) is 1.53. The SMILES string of the molecule is CC(=O)N(Cc1ccccc1)C(CS)C(=O)O. The van der Waals surface area contributed by atoms with Gasteiger partial charge in [0.2, 0.25) is 5.91 Å². The largest absolute Gasteiger partial charge is 0.480 e. The summed E-state index contributed by atoms with van der Waals surface area (Å²) in [5.74, 6) is -1.21. The third-order valence-electron chi connectivity index (χ3n) is 2.43. The van der Waals surface area contributed by atoms with Crippen molar-refractivity contribution in [3.8, 4) is 0 Å². The van der Waals surface area contributed by atoms with Crippen LogP contribution in [0, 0.1) is 0 Å². The Labute approximate surface area is 106 Å². The van der Waals surface area contributed by atoms with Crippen LogP contribution in [0.3, 0.4) is 0 Å². The van der Waals surface area contributed by atoms with E-state index in [4.69, 9.17) is 5.11 Å². The first kappa shape index (κ1) is 13.6. The van der Waals surface area contributed by atoms with Gasteiger partial charge in [0.1, 0.15) is 6.04 Å². The lowest BCUT2D eigenvalue weighted by Crippen LogP contribution is -2.44. The van der Waals surface area contributed by atoms with E-state index in [0.29, 0.717) is 0 Å². The zero-order valence-corrected chi connectivity index (χ0v) is 10.4. The van der Waals surface area contributed by atoms with Crippen LogP contribution in [0.15, 0.2) is 30.3 Å². The molecule has 0 spiro atoms. The lowest BCUT2D eigenvalue weighted by atomic mass is 10.2. The Kier molecular flexibility index (Phi) is 5.03. The normalized spacial score (nSPS) is 11.9. The summed E-state index contributed by atoms with van der Waals surface area (Å²) in [6.07, 6.45) is 0. The number of carbonyl (C=O) groups excluding carboxylic acids is 1. The zero-order chi connectivity index (χ0) is 12.8. The Morgan fingerprint density at radius 1 is 1.35 bits per heavy atom. The van der Waals surface area contributed by atoms with E-state index < -0.39 is 12.0 Å². The summed E-state index contributed by atoms with van der Waals surface area (Å²) in [6.45, 7) is 1.65. The zero-order valence-electron chi connectivity index (χ0n) is 9.54. The van der Waals surface area contributed by atoms with Crippen molar-refractivity contribution in [3.05, 3.63) is 35.9 Å². The number of aliphatic carboxylic acids is 1. The number of carbonyl (C=O) groups is 2. The molecule has 0 bridgehead atoms. The molecular formula is C12H15NO3S. The number of rotatable bonds is 5. The molecule has 0 heterocycles. The summed E-state index contributed by atoms with van der Waals surface area (Å²) in [5.41, 5.74) is 0.899. The molecule has 0 radical (unpaired) electrons. The summed E-state index contributed by atoms with van der Waals surface area (Å²) in [7, 11) is 0. The number of nitrogens with zero attached hydrogens (tertiary/aromatic N) is 1. The van der Waals surface area contributed by atoms with Gasteiger partial charge in [0.05, 0.1) is 0 Å². The van der Waals surface area contributed by atoms with Gasteiger partial charge in [-0.25, -0.2) is 4.79 Å². The van der Waals surface area contributed by atoms with Crippen LogP contribution < -0.4 is 0 Å². The highest BCUT2D eigenvalue weighted by Crippen LogP contribution is 2.10. The van der Waals surface area contributed by atoms with E-state index in [9.17, 15) is 9.59 Å². The lowest BCUT2D eigenvalue weighted by molar-refractivity contribution is -0.148. The standard InChI is InChI=1S/C12H15NO3S/c1-9(14)13(11(8-17)12(15)16)7-10-5-3-2-4-6-10/h2-6,11,17H,7-8H2,1H3,(H,15,16). The third kappa shape index (κ3) is 3.78. The Balaban J connectivity index is 2.87. The van der Waals surface area contributed by atoms with Crippen LogP contribution in [0.1, 0.15) is 12.5 Å². The number of thiol groups is 1. The minimum absolute atomic E-state index is 0.0990. The van der Waals surface area contributed by atoms with Gasteiger partial charge in [-0.1, -0.05) is 30.3 Å². The van der Waals surface area contributed by atoms with E-state index in [1.54, 1.807) is 0 Å². The molecule has 92 valence electrons. The minimum atomic E-state index is -1.04. The molecule has 0 saturated carbocycles. The molecule has 0 aliphatic rings. The molecule has 1 aromatic carbocycles. The smallest absolute Gasteiger partial charge is 0.327 e. The fourth-order valence-corrected chi connectivity index (χ4v) is 1.88. The monoisotopic (exact) mass is 253 g/mol. The summed E-state index contributed by atoms with van der Waals surface area (Å²) in [5, 5.41) is 9.03. The Bertz CT molecular complexity index is 394. The first-order valence-electron chi connectivity index (χ1n) is 5.21. The van der Waals surface area contributed by atoms with Crippen LogP contribution in [0.4, 0.5) is 0 Å². The molecule has 0 fully saturated rings. The topological polar surface area (TPSA) is 57.6 Å². The summed E-state index contributed by atoms with van der Waals surface area (Å²) in [6, 6.07) is 8.39. The highest BCUT2D eigenvalue weighted by Gasteiger charge is 2.26. The highest BCUT2D eigenvalue weighted by atomic mass is 32.1. The van der Waals surface area contributed by atoms with Crippen molar-refractivity contribution in [1.29, 1.82) is 0 Å². The molecule has 1 unspecified atom stereocenters. The fraction of sp³-hybridized carbons (Fsp3) is 0.333. The molecule has 1 atom stereocenters. The lowest BCUT2D eigenvalue weighted by Gasteiger charge is -2.26. The molecule has 1 rings (SSSR count). The summed E-state index contributed by atoms with van der Waals surface area (Å²) < 4.78 is 0. The van der Waals surface area contributed by atoms with E-state index in [1.807, 2.05) is 30.3 Å². The highest BCUT2D eigenvalue weighted by molar-refractivity contribution is 7.80. The Morgan fingerprint density at radius 2 is 1.94 bits per heavy atom. The average molecular weight is 253 g/mol. The van der Waals surface area contributed by atoms with E-state index in [0.717, 1.165) is 5.56 Å². The van der Waals surface area contributed by atoms with Crippen LogP contribution in [0.2, 0.25) is 0 Å². The van der Waals surface area contributed by atoms with Crippen molar-refractivity contribution in [1.82, 2.24) is 4.90 Å². The van der Waals surface area contributed by atoms with Crippen molar-refractivity contribution >= 4 is 24.5 Å². The molecular weight excluding hydrogens is 238 g/mol. The van der Waals surface area contributed by atoms with Crippen LogP contribution >= 0.6 is 12.6 Å². The predicted molar refractivity (Wildman–Crippen MR) is 67.9 cm³/mol. The number of hydrogen-bond acceptors (Lipinski definition) is 3. The van der Waals surface area contributed by atoms with Crippen molar-refractivity contribution < 1.29 is 14.7 Å². The van der Waals surface area contributed by atoms with Crippen LogP contribution in [-0.4, -0.2) is 33.7 Å². The van der Waals surface area contributed by atoms with Gasteiger partial charge in [0, 0.05) is 19.2 Å². The van der Waals surface area contributed by atoms with E-state index in [2.05, 4.69) is 12.6 Å². The Morgan fingerprint density at radius 3 is 2.35 bits per heavy atom. The average Bonchev–Trinajstić information content (AvgIpc) is 2.29. The molecule has 17 heavy (non-hydrogen) atoms. The summed E-state index contributed by atoms with van der Waals surface area (Å²) in [4.78, 5) is 23.8. The van der Waals surface area contributed by atoms with Gasteiger partial charge in [-0.15, -0.1) is 0 Å². The second-order valence-corrected chi connectivity index (χ2v) is 4.03. The number of hydrogen-bond donors (Lipinski definition) is 2. The van der Waals surface area contributed by atoms with Gasteiger partial charge in [-0.05, 0) is 5.56 Å². The molecule has 1 aromatic rings. The van der Waals surface area contributed by atoms with Gasteiger partial charge >= 0.3 is 5.97 Å². The first-order valence-corrected chi connectivity index (χ1v) is 5.84. The maximum Gasteiger partial charge on any atom is 0.327 e. The number of amides is 1. The molecule has 1 N–H and O–H groups in total. The van der Waals surface area contributed by atoms with E-state index >= 15 is 0 Å². The van der Waals surface area contributed by atoms with Gasteiger partial charge in [-0.2, -0.15) is 12.6 Å². The van der Waals surface area contributed by atoms with Gasteiger partial charge < -0.3 is 10.0 Å². The predicted octanol–water partition coefficient (Wildman–Crippen LogP) is 1.42. The van der Waals surface area contributed by atoms with E-state index in [-0.39, 0.29) is 18.2 Å². The molecule has 4 nitrogen and oxygen atoms in total. The second kappa shape index (κ2) is 6.30. The maximum atomic E-state index is 11.5. The van der Waals surface area contributed by atoms with Crippen LogP contribution in [0.25, 0.3) is 0 Å². The summed E-state index contributed by atoms with van der Waals surface area (Å²) >= 11 is 3.98. The first-order chi connectivity index (χ1) is 8.06. The molecule has 0 aromatic heterocycles. The van der Waals surface area contributed by atoms with Crippen LogP contribution in [0.5, 0.6) is 0 Å². The van der Waals surface area contributed by atoms with Gasteiger partial charge in [-0.3, -0.25) is 4.79 Å². The second-order valence-electron chi connectivity index (χ2n) is 3.67. The number of benzene rings is 1. The molecule has 0 aliphatic carbocycles.